The monoisotopic (exact) mass is 242 g/mol. The lowest BCUT2D eigenvalue weighted by atomic mass is 10.2. The van der Waals surface area contributed by atoms with Gasteiger partial charge in [-0.2, -0.15) is 0 Å². The minimum atomic E-state index is 0.672. The molecule has 0 N–H and O–H groups in total. The minimum absolute atomic E-state index is 0.672. The Morgan fingerprint density at radius 2 is 2.29 bits per heavy atom. The van der Waals surface area contributed by atoms with Crippen LogP contribution in [0.3, 0.4) is 0 Å². The molecule has 0 saturated carbocycles. The number of aldehydes is 1. The van der Waals surface area contributed by atoms with Crippen LogP contribution in [0, 0.1) is 0 Å². The molecular formula is C10H7ClOS2. The van der Waals surface area contributed by atoms with E-state index in [0.717, 1.165) is 26.1 Å². The van der Waals surface area contributed by atoms with Crippen molar-refractivity contribution in [2.45, 2.75) is 4.21 Å². The number of rotatable bonds is 2. The highest BCUT2D eigenvalue weighted by Gasteiger charge is 2.10. The third kappa shape index (κ3) is 1.56. The number of benzene rings is 1. The van der Waals surface area contributed by atoms with Crippen molar-refractivity contribution < 1.29 is 4.79 Å². The molecule has 0 fully saturated rings. The Balaban J connectivity index is 2.81. The zero-order chi connectivity index (χ0) is 10.1. The molecule has 0 amide bonds. The van der Waals surface area contributed by atoms with Gasteiger partial charge in [0, 0.05) is 20.7 Å². The van der Waals surface area contributed by atoms with E-state index in [-0.39, 0.29) is 0 Å². The van der Waals surface area contributed by atoms with Gasteiger partial charge in [0.1, 0.15) is 0 Å². The summed E-state index contributed by atoms with van der Waals surface area (Å²) in [6, 6.07) is 5.64. The second-order valence-corrected chi connectivity index (χ2v) is 5.33. The summed E-state index contributed by atoms with van der Waals surface area (Å²) in [7, 11) is 0. The van der Waals surface area contributed by atoms with Crippen LogP contribution in [0.2, 0.25) is 5.02 Å². The fourth-order valence-electron chi connectivity index (χ4n) is 1.33. The second-order valence-electron chi connectivity index (χ2n) is 2.77. The van der Waals surface area contributed by atoms with Crippen LogP contribution < -0.4 is 0 Å². The second kappa shape index (κ2) is 3.93. The lowest BCUT2D eigenvalue weighted by Gasteiger charge is -1.92. The summed E-state index contributed by atoms with van der Waals surface area (Å²) in [5.41, 5.74) is 0.764. The highest BCUT2D eigenvalue weighted by Crippen LogP contribution is 2.37. The van der Waals surface area contributed by atoms with Crippen LogP contribution in [0.15, 0.2) is 22.4 Å². The zero-order valence-corrected chi connectivity index (χ0v) is 9.80. The van der Waals surface area contributed by atoms with Crippen molar-refractivity contribution in [3.63, 3.8) is 0 Å². The van der Waals surface area contributed by atoms with Gasteiger partial charge in [-0.05, 0) is 24.5 Å². The average molecular weight is 243 g/mol. The average Bonchev–Trinajstić information content (AvgIpc) is 2.54. The van der Waals surface area contributed by atoms with Crippen LogP contribution >= 0.6 is 34.7 Å². The molecule has 4 heteroatoms. The minimum Gasteiger partial charge on any atom is -0.298 e. The van der Waals surface area contributed by atoms with Gasteiger partial charge < -0.3 is 0 Å². The third-order valence-corrected chi connectivity index (χ3v) is 4.51. The van der Waals surface area contributed by atoms with E-state index in [4.69, 9.17) is 11.6 Å². The molecule has 72 valence electrons. The standard InChI is InChI=1S/C10H7ClOS2/c1-13-10-8(5-12)7-4-6(11)2-3-9(7)14-10/h2-5H,1H3. The number of carbonyl (C=O) groups is 1. The van der Waals surface area contributed by atoms with Gasteiger partial charge in [-0.1, -0.05) is 11.6 Å². The summed E-state index contributed by atoms with van der Waals surface area (Å²) in [6.07, 6.45) is 2.88. The number of halogens is 1. The molecule has 2 rings (SSSR count). The van der Waals surface area contributed by atoms with Gasteiger partial charge >= 0.3 is 0 Å². The number of thiophene rings is 1. The van der Waals surface area contributed by atoms with E-state index < -0.39 is 0 Å². The summed E-state index contributed by atoms with van der Waals surface area (Å²) in [6.45, 7) is 0. The molecule has 0 unspecified atom stereocenters. The van der Waals surface area contributed by atoms with Gasteiger partial charge in [-0.25, -0.2) is 0 Å². The Labute approximate surface area is 95.1 Å². The maximum atomic E-state index is 10.9. The van der Waals surface area contributed by atoms with Crippen molar-refractivity contribution in [1.29, 1.82) is 0 Å². The molecule has 1 aromatic carbocycles. The van der Waals surface area contributed by atoms with Gasteiger partial charge in [-0.15, -0.1) is 23.1 Å². The molecule has 0 aliphatic heterocycles. The zero-order valence-electron chi connectivity index (χ0n) is 7.41. The van der Waals surface area contributed by atoms with Crippen molar-refractivity contribution in [3.05, 3.63) is 28.8 Å². The maximum absolute atomic E-state index is 10.9. The van der Waals surface area contributed by atoms with E-state index in [2.05, 4.69) is 0 Å². The fraction of sp³-hybridized carbons (Fsp3) is 0.100. The largest absolute Gasteiger partial charge is 0.298 e. The molecule has 1 aromatic heterocycles. The van der Waals surface area contributed by atoms with E-state index >= 15 is 0 Å². The van der Waals surface area contributed by atoms with E-state index in [1.807, 2.05) is 24.5 Å². The summed E-state index contributed by atoms with van der Waals surface area (Å²) in [5, 5.41) is 1.63. The first-order valence-corrected chi connectivity index (χ1v) is 6.39. The smallest absolute Gasteiger partial charge is 0.152 e. The van der Waals surface area contributed by atoms with Crippen LogP contribution in [-0.4, -0.2) is 12.5 Å². The number of hydrogen-bond donors (Lipinski definition) is 0. The Kier molecular flexibility index (Phi) is 2.81. The number of thioether (sulfide) groups is 1. The number of fused-ring (bicyclic) bond motifs is 1. The maximum Gasteiger partial charge on any atom is 0.152 e. The molecule has 14 heavy (non-hydrogen) atoms. The lowest BCUT2D eigenvalue weighted by molar-refractivity contribution is 0.112. The van der Waals surface area contributed by atoms with Crippen LogP contribution in [0.5, 0.6) is 0 Å². The van der Waals surface area contributed by atoms with Crippen molar-refractivity contribution in [2.24, 2.45) is 0 Å². The Morgan fingerprint density at radius 3 is 2.93 bits per heavy atom. The van der Waals surface area contributed by atoms with E-state index in [9.17, 15) is 4.79 Å². The van der Waals surface area contributed by atoms with E-state index in [0.29, 0.717) is 5.02 Å². The lowest BCUT2D eigenvalue weighted by Crippen LogP contribution is -1.77. The molecule has 0 aliphatic rings. The fourth-order valence-corrected chi connectivity index (χ4v) is 3.37. The highest BCUT2D eigenvalue weighted by molar-refractivity contribution is 8.00. The highest BCUT2D eigenvalue weighted by atomic mass is 35.5. The quantitative estimate of drug-likeness (QED) is 0.583. The van der Waals surface area contributed by atoms with Crippen LogP contribution in [0.25, 0.3) is 10.1 Å². The van der Waals surface area contributed by atoms with Gasteiger partial charge in [0.25, 0.3) is 0 Å². The van der Waals surface area contributed by atoms with Crippen LogP contribution in [0.4, 0.5) is 0 Å². The SMILES string of the molecule is CSc1sc2ccc(Cl)cc2c1C=O. The van der Waals surface area contributed by atoms with Crippen molar-refractivity contribution >= 4 is 51.1 Å². The molecule has 0 radical (unpaired) electrons. The molecule has 1 heterocycles. The van der Waals surface area contributed by atoms with Gasteiger partial charge in [0.2, 0.25) is 0 Å². The molecule has 0 saturated heterocycles. The van der Waals surface area contributed by atoms with E-state index in [1.54, 1.807) is 23.1 Å². The number of hydrogen-bond acceptors (Lipinski definition) is 3. The summed E-state index contributed by atoms with van der Waals surface area (Å²) >= 11 is 9.11. The third-order valence-electron chi connectivity index (χ3n) is 1.96. The molecule has 0 atom stereocenters. The van der Waals surface area contributed by atoms with Gasteiger partial charge in [0.05, 0.1) is 4.21 Å². The summed E-state index contributed by atoms with van der Waals surface area (Å²) < 4.78 is 2.16. The first-order chi connectivity index (χ1) is 6.76. The van der Waals surface area contributed by atoms with Gasteiger partial charge in [-0.3, -0.25) is 4.79 Å². The van der Waals surface area contributed by atoms with Crippen molar-refractivity contribution in [2.75, 3.05) is 6.26 Å². The first-order valence-electron chi connectivity index (χ1n) is 3.97. The molecular weight excluding hydrogens is 236 g/mol. The van der Waals surface area contributed by atoms with E-state index in [1.165, 1.54) is 0 Å². The Morgan fingerprint density at radius 1 is 1.50 bits per heavy atom. The Bertz CT molecular complexity index is 490. The summed E-state index contributed by atoms with van der Waals surface area (Å²) in [4.78, 5) is 10.9. The van der Waals surface area contributed by atoms with Crippen LogP contribution in [0.1, 0.15) is 10.4 Å². The molecule has 1 nitrogen and oxygen atoms in total. The Hall–Kier alpha value is -0.510. The summed E-state index contributed by atoms with van der Waals surface area (Å²) in [5.74, 6) is 0. The molecule has 0 spiro atoms. The number of carbonyl (C=O) groups excluding carboxylic acids is 1. The predicted octanol–water partition coefficient (Wildman–Crippen LogP) is 4.09. The van der Waals surface area contributed by atoms with Crippen molar-refractivity contribution in [1.82, 2.24) is 0 Å². The normalized spacial score (nSPS) is 10.7. The molecule has 0 aliphatic carbocycles. The molecule has 2 aromatic rings. The van der Waals surface area contributed by atoms with Gasteiger partial charge in [0.15, 0.2) is 6.29 Å². The van der Waals surface area contributed by atoms with Crippen molar-refractivity contribution in [3.8, 4) is 0 Å². The topological polar surface area (TPSA) is 17.1 Å². The predicted molar refractivity (Wildman–Crippen MR) is 64.0 cm³/mol. The van der Waals surface area contributed by atoms with Crippen LogP contribution in [-0.2, 0) is 0 Å². The molecule has 0 bridgehead atoms. The first kappa shape index (κ1) is 10.0.